The maximum atomic E-state index is 10.9. The first-order valence-corrected chi connectivity index (χ1v) is 5.40. The van der Waals surface area contributed by atoms with E-state index in [1.54, 1.807) is 0 Å². The fourth-order valence-electron chi connectivity index (χ4n) is 2.14. The minimum atomic E-state index is -0.807. The van der Waals surface area contributed by atoms with Gasteiger partial charge in [-0.15, -0.1) is 0 Å². The average molecular weight is 220 g/mol. The van der Waals surface area contributed by atoms with Gasteiger partial charge in [-0.1, -0.05) is 30.3 Å². The lowest BCUT2D eigenvalue weighted by molar-refractivity contribution is -0.142. The topological polar surface area (TPSA) is 52.6 Å². The van der Waals surface area contributed by atoms with Crippen molar-refractivity contribution in [2.75, 3.05) is 13.6 Å². The van der Waals surface area contributed by atoms with Crippen molar-refractivity contribution < 1.29 is 9.90 Å². The molecule has 0 saturated carbocycles. The zero-order valence-electron chi connectivity index (χ0n) is 9.26. The van der Waals surface area contributed by atoms with Crippen molar-refractivity contribution in [3.05, 3.63) is 35.9 Å². The zero-order valence-corrected chi connectivity index (χ0v) is 9.26. The van der Waals surface area contributed by atoms with Gasteiger partial charge < -0.3 is 5.11 Å². The molecule has 1 aromatic rings. The molecule has 86 valence electrons. The van der Waals surface area contributed by atoms with Gasteiger partial charge in [-0.05, 0) is 19.0 Å². The highest BCUT2D eigenvalue weighted by atomic mass is 16.4. The quantitative estimate of drug-likeness (QED) is 0.781. The Hall–Kier alpha value is -1.39. The summed E-state index contributed by atoms with van der Waals surface area (Å²) in [6.07, 6.45) is 0.323. The van der Waals surface area contributed by atoms with Crippen LogP contribution in [0.3, 0.4) is 0 Å². The van der Waals surface area contributed by atoms with E-state index in [1.165, 1.54) is 5.56 Å². The molecular weight excluding hydrogens is 204 g/mol. The van der Waals surface area contributed by atoms with Gasteiger partial charge in [0, 0.05) is 12.6 Å². The third kappa shape index (κ3) is 2.40. The summed E-state index contributed by atoms with van der Waals surface area (Å²) in [5.74, 6) is -0.807. The number of aliphatic carboxylic acids is 1. The number of nitrogens with zero attached hydrogens (tertiary/aromatic N) is 1. The van der Waals surface area contributed by atoms with Gasteiger partial charge in [-0.3, -0.25) is 10.2 Å². The first-order chi connectivity index (χ1) is 7.66. The molecule has 1 aromatic carbocycles. The summed E-state index contributed by atoms with van der Waals surface area (Å²) in [4.78, 5) is 12.7. The molecular formula is C12H16N2O2. The van der Waals surface area contributed by atoms with E-state index >= 15 is 0 Å². The second-order valence-corrected chi connectivity index (χ2v) is 4.23. The number of carboxylic acid groups (broad SMARTS) is 1. The Bertz CT molecular complexity index is 367. The predicted octanol–water partition coefficient (Wildman–Crippen LogP) is 0.543. The Morgan fingerprint density at radius 1 is 1.50 bits per heavy atom. The van der Waals surface area contributed by atoms with E-state index in [-0.39, 0.29) is 6.04 Å². The second-order valence-electron chi connectivity index (χ2n) is 4.23. The molecule has 2 N–H and O–H groups in total. The molecule has 0 bridgehead atoms. The van der Waals surface area contributed by atoms with E-state index in [0.717, 1.165) is 13.0 Å². The lowest BCUT2D eigenvalue weighted by Gasteiger charge is -2.12. The molecule has 0 amide bonds. The standard InChI is InChI=1S/C12H16N2O2/c1-14-8-10(13-11(14)12(15)16)7-9-5-3-2-4-6-9/h2-6,10-11,13H,7-8H2,1H3,(H,15,16). The second kappa shape index (κ2) is 4.63. The molecule has 1 heterocycles. The number of benzene rings is 1. The van der Waals surface area contributed by atoms with Gasteiger partial charge in [0.15, 0.2) is 6.17 Å². The first-order valence-electron chi connectivity index (χ1n) is 5.40. The van der Waals surface area contributed by atoms with Gasteiger partial charge in [0.25, 0.3) is 0 Å². The lowest BCUT2D eigenvalue weighted by atomic mass is 10.1. The summed E-state index contributed by atoms with van der Waals surface area (Å²) in [7, 11) is 1.83. The van der Waals surface area contributed by atoms with Crippen LogP contribution in [0.25, 0.3) is 0 Å². The minimum absolute atomic E-state index is 0.216. The monoisotopic (exact) mass is 220 g/mol. The SMILES string of the molecule is CN1CC(Cc2ccccc2)NC1C(=O)O. The third-order valence-corrected chi connectivity index (χ3v) is 2.90. The Morgan fingerprint density at radius 2 is 2.19 bits per heavy atom. The highest BCUT2D eigenvalue weighted by Crippen LogP contribution is 2.11. The molecule has 1 fully saturated rings. The molecule has 1 saturated heterocycles. The van der Waals surface area contributed by atoms with Crippen LogP contribution < -0.4 is 5.32 Å². The Balaban J connectivity index is 1.96. The maximum Gasteiger partial charge on any atom is 0.335 e. The molecule has 1 aliphatic rings. The molecule has 2 rings (SSSR count). The molecule has 0 radical (unpaired) electrons. The zero-order chi connectivity index (χ0) is 11.5. The molecule has 16 heavy (non-hydrogen) atoms. The highest BCUT2D eigenvalue weighted by molar-refractivity contribution is 5.73. The van der Waals surface area contributed by atoms with Crippen molar-refractivity contribution in [3.63, 3.8) is 0 Å². The fraction of sp³-hybridized carbons (Fsp3) is 0.417. The van der Waals surface area contributed by atoms with Crippen LogP contribution in [-0.2, 0) is 11.2 Å². The minimum Gasteiger partial charge on any atom is -0.479 e. The summed E-state index contributed by atoms with van der Waals surface area (Å²) in [5, 5.41) is 12.1. The number of carbonyl (C=O) groups is 1. The summed E-state index contributed by atoms with van der Waals surface area (Å²) in [6, 6.07) is 10.3. The number of hydrogen-bond donors (Lipinski definition) is 2. The van der Waals surface area contributed by atoms with Gasteiger partial charge in [-0.2, -0.15) is 0 Å². The van der Waals surface area contributed by atoms with Crippen LogP contribution in [0, 0.1) is 0 Å². The van der Waals surface area contributed by atoms with Crippen LogP contribution in [0.4, 0.5) is 0 Å². The number of carboxylic acids is 1. The van der Waals surface area contributed by atoms with E-state index < -0.39 is 12.1 Å². The van der Waals surface area contributed by atoms with Crippen molar-refractivity contribution >= 4 is 5.97 Å². The molecule has 0 aromatic heterocycles. The van der Waals surface area contributed by atoms with Crippen LogP contribution in [0.1, 0.15) is 5.56 Å². The average Bonchev–Trinajstić information content (AvgIpc) is 2.61. The van der Waals surface area contributed by atoms with Gasteiger partial charge in [0.05, 0.1) is 0 Å². The molecule has 1 aliphatic heterocycles. The number of likely N-dealkylation sites (N-methyl/N-ethyl adjacent to an activating group) is 1. The van der Waals surface area contributed by atoms with Crippen LogP contribution in [0.15, 0.2) is 30.3 Å². The highest BCUT2D eigenvalue weighted by Gasteiger charge is 2.33. The molecule has 2 atom stereocenters. The maximum absolute atomic E-state index is 10.9. The van der Waals surface area contributed by atoms with E-state index in [4.69, 9.17) is 5.11 Å². The van der Waals surface area contributed by atoms with E-state index in [1.807, 2.05) is 30.1 Å². The van der Waals surface area contributed by atoms with Crippen LogP contribution >= 0.6 is 0 Å². The molecule has 0 spiro atoms. The Morgan fingerprint density at radius 3 is 2.75 bits per heavy atom. The van der Waals surface area contributed by atoms with E-state index in [2.05, 4.69) is 17.4 Å². The van der Waals surface area contributed by atoms with Crippen LogP contribution in [0.2, 0.25) is 0 Å². The smallest absolute Gasteiger partial charge is 0.335 e. The van der Waals surface area contributed by atoms with Crippen molar-refractivity contribution in [1.29, 1.82) is 0 Å². The van der Waals surface area contributed by atoms with Crippen LogP contribution in [0.5, 0.6) is 0 Å². The summed E-state index contributed by atoms with van der Waals surface area (Å²) < 4.78 is 0. The third-order valence-electron chi connectivity index (χ3n) is 2.90. The molecule has 4 nitrogen and oxygen atoms in total. The normalized spacial score (nSPS) is 25.8. The van der Waals surface area contributed by atoms with Crippen molar-refractivity contribution in [1.82, 2.24) is 10.2 Å². The van der Waals surface area contributed by atoms with Crippen molar-refractivity contribution in [2.45, 2.75) is 18.6 Å². The molecule has 4 heteroatoms. The van der Waals surface area contributed by atoms with Gasteiger partial charge >= 0.3 is 5.97 Å². The van der Waals surface area contributed by atoms with Gasteiger partial charge in [0.1, 0.15) is 0 Å². The van der Waals surface area contributed by atoms with E-state index in [0.29, 0.717) is 0 Å². The molecule has 0 aliphatic carbocycles. The number of hydrogen-bond acceptors (Lipinski definition) is 3. The molecule has 2 unspecified atom stereocenters. The predicted molar refractivity (Wildman–Crippen MR) is 61.1 cm³/mol. The largest absolute Gasteiger partial charge is 0.479 e. The number of nitrogens with one attached hydrogen (secondary N) is 1. The summed E-state index contributed by atoms with van der Waals surface area (Å²) in [6.45, 7) is 0.770. The van der Waals surface area contributed by atoms with E-state index in [9.17, 15) is 4.79 Å². The fourth-order valence-corrected chi connectivity index (χ4v) is 2.14. The van der Waals surface area contributed by atoms with Crippen molar-refractivity contribution in [3.8, 4) is 0 Å². The van der Waals surface area contributed by atoms with Gasteiger partial charge in [-0.25, -0.2) is 4.79 Å². The number of rotatable bonds is 3. The lowest BCUT2D eigenvalue weighted by Crippen LogP contribution is -2.41. The van der Waals surface area contributed by atoms with Crippen molar-refractivity contribution in [2.24, 2.45) is 0 Å². The first kappa shape index (κ1) is 11.1. The summed E-state index contributed by atoms with van der Waals surface area (Å²) in [5.41, 5.74) is 1.24. The van der Waals surface area contributed by atoms with Crippen LogP contribution in [-0.4, -0.2) is 41.8 Å². The Kier molecular flexibility index (Phi) is 3.22. The Labute approximate surface area is 94.9 Å². The van der Waals surface area contributed by atoms with Gasteiger partial charge in [0.2, 0.25) is 0 Å². The summed E-state index contributed by atoms with van der Waals surface area (Å²) >= 11 is 0.